The Morgan fingerprint density at radius 3 is 2.29 bits per heavy atom. The monoisotopic (exact) mass is 287 g/mol. The van der Waals surface area contributed by atoms with Crippen LogP contribution in [-0.2, 0) is 0 Å². The number of aryl methyl sites for hydroxylation is 2. The van der Waals surface area contributed by atoms with Gasteiger partial charge in [-0.05, 0) is 43.1 Å². The number of benzene rings is 2. The number of halogens is 1. The first-order valence-corrected chi connectivity index (χ1v) is 7.22. The lowest BCUT2D eigenvalue weighted by Crippen LogP contribution is -2.24. The third-order valence-electron chi connectivity index (χ3n) is 3.76. The Hall–Kier alpha value is -1.87. The molecule has 0 saturated carbocycles. The summed E-state index contributed by atoms with van der Waals surface area (Å²) in [6.45, 7) is 6.91. The Kier molecular flexibility index (Phi) is 4.97. The lowest BCUT2D eigenvalue weighted by atomic mass is 9.91. The molecule has 2 aromatic rings. The molecule has 3 heteroatoms. The van der Waals surface area contributed by atoms with E-state index in [1.807, 2.05) is 25.1 Å². The molecule has 0 aromatic heterocycles. The van der Waals surface area contributed by atoms with Crippen LogP contribution in [0.3, 0.4) is 0 Å². The first kappa shape index (κ1) is 15.5. The van der Waals surface area contributed by atoms with E-state index in [4.69, 9.17) is 4.74 Å². The van der Waals surface area contributed by atoms with Gasteiger partial charge in [-0.1, -0.05) is 37.3 Å². The van der Waals surface area contributed by atoms with Gasteiger partial charge in [0, 0.05) is 5.56 Å². The van der Waals surface area contributed by atoms with Gasteiger partial charge in [-0.2, -0.15) is 0 Å². The zero-order chi connectivity index (χ0) is 15.4. The molecule has 0 spiro atoms. The summed E-state index contributed by atoms with van der Waals surface area (Å²) in [5, 5.41) is 3.39. The van der Waals surface area contributed by atoms with Gasteiger partial charge in [0.25, 0.3) is 0 Å². The van der Waals surface area contributed by atoms with Crippen LogP contribution < -0.4 is 10.1 Å². The van der Waals surface area contributed by atoms with Gasteiger partial charge in [0.05, 0.1) is 13.2 Å². The second-order valence-corrected chi connectivity index (χ2v) is 5.16. The fourth-order valence-electron chi connectivity index (χ4n) is 2.76. The Labute approximate surface area is 126 Å². The fraction of sp³-hybridized carbons (Fsp3) is 0.333. The smallest absolute Gasteiger partial charge is 0.170 e. The average molecular weight is 287 g/mol. The van der Waals surface area contributed by atoms with Crippen molar-refractivity contribution in [1.29, 1.82) is 0 Å². The van der Waals surface area contributed by atoms with Crippen LogP contribution in [0, 0.1) is 19.7 Å². The van der Waals surface area contributed by atoms with Gasteiger partial charge in [-0.3, -0.25) is 0 Å². The fourth-order valence-corrected chi connectivity index (χ4v) is 2.76. The minimum Gasteiger partial charge on any atom is -0.494 e. The van der Waals surface area contributed by atoms with Crippen molar-refractivity contribution in [1.82, 2.24) is 5.32 Å². The Balaban J connectivity index is 2.59. The highest BCUT2D eigenvalue weighted by Crippen LogP contribution is 2.32. The van der Waals surface area contributed by atoms with E-state index >= 15 is 0 Å². The normalized spacial score (nSPS) is 12.2. The molecular weight excluding hydrogens is 265 g/mol. The second-order valence-electron chi connectivity index (χ2n) is 5.16. The second kappa shape index (κ2) is 6.72. The van der Waals surface area contributed by atoms with E-state index in [1.165, 1.54) is 7.11 Å². The molecule has 2 nitrogen and oxygen atoms in total. The van der Waals surface area contributed by atoms with E-state index < -0.39 is 0 Å². The summed E-state index contributed by atoms with van der Waals surface area (Å²) in [7, 11) is 1.49. The summed E-state index contributed by atoms with van der Waals surface area (Å²) in [5.41, 5.74) is 4.06. The number of hydrogen-bond donors (Lipinski definition) is 1. The van der Waals surface area contributed by atoms with Gasteiger partial charge in [0.2, 0.25) is 0 Å². The number of nitrogens with one attached hydrogen (secondary N) is 1. The molecule has 1 N–H and O–H groups in total. The molecule has 2 rings (SSSR count). The number of rotatable bonds is 5. The lowest BCUT2D eigenvalue weighted by Gasteiger charge is -2.24. The maximum absolute atomic E-state index is 14.6. The zero-order valence-corrected chi connectivity index (χ0v) is 13.0. The summed E-state index contributed by atoms with van der Waals surface area (Å²) in [6.07, 6.45) is 0. The van der Waals surface area contributed by atoms with Crippen LogP contribution in [0.5, 0.6) is 5.75 Å². The largest absolute Gasteiger partial charge is 0.494 e. The average Bonchev–Trinajstić information content (AvgIpc) is 2.46. The topological polar surface area (TPSA) is 21.3 Å². The van der Waals surface area contributed by atoms with Crippen LogP contribution in [0.1, 0.15) is 35.2 Å². The van der Waals surface area contributed by atoms with Crippen molar-refractivity contribution in [2.24, 2.45) is 0 Å². The first-order valence-electron chi connectivity index (χ1n) is 7.22. The van der Waals surface area contributed by atoms with Crippen molar-refractivity contribution in [3.8, 4) is 5.75 Å². The predicted octanol–water partition coefficient (Wildman–Crippen LogP) is 4.15. The number of ether oxygens (including phenoxy) is 1. The SMILES string of the molecule is CCNC(c1cccc(OC)c1F)c1c(C)cccc1C. The highest BCUT2D eigenvalue weighted by Gasteiger charge is 2.22. The standard InChI is InChI=1S/C18H22FNO/c1-5-20-18(16-12(2)8-6-9-13(16)3)14-10-7-11-15(21-4)17(14)19/h6-11,18,20H,5H2,1-4H3. The van der Waals surface area contributed by atoms with Crippen LogP contribution in [0.2, 0.25) is 0 Å². The van der Waals surface area contributed by atoms with E-state index in [-0.39, 0.29) is 17.6 Å². The lowest BCUT2D eigenvalue weighted by molar-refractivity contribution is 0.381. The van der Waals surface area contributed by atoms with Crippen LogP contribution in [0.15, 0.2) is 36.4 Å². The van der Waals surface area contributed by atoms with Crippen molar-refractivity contribution in [2.75, 3.05) is 13.7 Å². The van der Waals surface area contributed by atoms with E-state index in [9.17, 15) is 4.39 Å². The molecule has 0 radical (unpaired) electrons. The molecule has 0 aliphatic heterocycles. The van der Waals surface area contributed by atoms with E-state index in [0.29, 0.717) is 5.56 Å². The molecule has 0 aliphatic rings. The highest BCUT2D eigenvalue weighted by molar-refractivity contribution is 5.44. The summed E-state index contributed by atoms with van der Waals surface area (Å²) >= 11 is 0. The van der Waals surface area contributed by atoms with Crippen molar-refractivity contribution >= 4 is 0 Å². The molecule has 0 amide bonds. The Morgan fingerprint density at radius 2 is 1.71 bits per heavy atom. The van der Waals surface area contributed by atoms with Gasteiger partial charge in [-0.15, -0.1) is 0 Å². The van der Waals surface area contributed by atoms with Crippen LogP contribution in [-0.4, -0.2) is 13.7 Å². The molecule has 0 saturated heterocycles. The van der Waals surface area contributed by atoms with Crippen LogP contribution in [0.25, 0.3) is 0 Å². The van der Waals surface area contributed by atoms with Crippen molar-refractivity contribution in [3.05, 3.63) is 64.5 Å². The highest BCUT2D eigenvalue weighted by atomic mass is 19.1. The van der Waals surface area contributed by atoms with Crippen LogP contribution >= 0.6 is 0 Å². The van der Waals surface area contributed by atoms with Gasteiger partial charge < -0.3 is 10.1 Å². The van der Waals surface area contributed by atoms with Crippen LogP contribution in [0.4, 0.5) is 4.39 Å². The maximum atomic E-state index is 14.6. The van der Waals surface area contributed by atoms with Crippen molar-refractivity contribution in [3.63, 3.8) is 0 Å². The number of hydrogen-bond acceptors (Lipinski definition) is 2. The number of methoxy groups -OCH3 is 1. The summed E-state index contributed by atoms with van der Waals surface area (Å²) in [4.78, 5) is 0. The Bertz CT molecular complexity index is 604. The molecule has 0 bridgehead atoms. The maximum Gasteiger partial charge on any atom is 0.170 e. The molecular formula is C18H22FNO. The van der Waals surface area contributed by atoms with Gasteiger partial charge >= 0.3 is 0 Å². The molecule has 2 aromatic carbocycles. The van der Waals surface area contributed by atoms with Gasteiger partial charge in [0.1, 0.15) is 0 Å². The summed E-state index contributed by atoms with van der Waals surface area (Å²) in [6, 6.07) is 11.3. The van der Waals surface area contributed by atoms with Gasteiger partial charge in [0.15, 0.2) is 11.6 Å². The van der Waals surface area contributed by atoms with E-state index in [2.05, 4.69) is 31.3 Å². The first-order chi connectivity index (χ1) is 10.1. The molecule has 1 atom stereocenters. The van der Waals surface area contributed by atoms with Crippen molar-refractivity contribution in [2.45, 2.75) is 26.8 Å². The molecule has 1 unspecified atom stereocenters. The van der Waals surface area contributed by atoms with E-state index in [0.717, 1.165) is 23.2 Å². The molecule has 0 aliphatic carbocycles. The van der Waals surface area contributed by atoms with E-state index in [1.54, 1.807) is 6.07 Å². The molecule has 112 valence electrons. The Morgan fingerprint density at radius 1 is 1.10 bits per heavy atom. The third kappa shape index (κ3) is 3.08. The molecule has 0 heterocycles. The minimum absolute atomic E-state index is 0.175. The minimum atomic E-state index is -0.298. The molecule has 0 fully saturated rings. The van der Waals surface area contributed by atoms with Gasteiger partial charge in [-0.25, -0.2) is 4.39 Å². The summed E-state index contributed by atoms with van der Waals surface area (Å²) in [5.74, 6) is -0.0183. The third-order valence-corrected chi connectivity index (χ3v) is 3.76. The molecule has 21 heavy (non-hydrogen) atoms. The predicted molar refractivity (Wildman–Crippen MR) is 84.4 cm³/mol. The summed E-state index contributed by atoms with van der Waals surface area (Å²) < 4.78 is 19.7. The quantitative estimate of drug-likeness (QED) is 0.892. The van der Waals surface area contributed by atoms with Crippen molar-refractivity contribution < 1.29 is 9.13 Å². The zero-order valence-electron chi connectivity index (χ0n) is 13.0.